The average molecular weight is 464 g/mol. The first kappa shape index (κ1) is 25.1. The van der Waals surface area contributed by atoms with E-state index in [1.54, 1.807) is 11.0 Å². The monoisotopic (exact) mass is 463 g/mol. The number of aliphatic hydroxyl groups excluding tert-OH is 2. The lowest BCUT2D eigenvalue weighted by Gasteiger charge is -2.49. The summed E-state index contributed by atoms with van der Waals surface area (Å²) in [6.45, 7) is 13.1. The van der Waals surface area contributed by atoms with E-state index in [9.17, 15) is 29.7 Å². The van der Waals surface area contributed by atoms with E-state index in [0.29, 0.717) is 31.4 Å². The summed E-state index contributed by atoms with van der Waals surface area (Å²) in [7, 11) is 0. The Morgan fingerprint density at radius 2 is 2.00 bits per heavy atom. The summed E-state index contributed by atoms with van der Waals surface area (Å²) < 4.78 is 11.5. The standard InChI is InChI=1S/C24H33NO8/c1-5-24(4)9-17(32-22(30)14(3)12-27)18-15(10-25-8-6-7-16(25)21(28)29)23(31)33-20(18)19(24)13(2)11-26/h5,15-20,26-27H,1-3,6-12H2,4H3,(H,28,29)/t15-,16-,17-,18+,19+,20-,24+/m0/s1. The minimum Gasteiger partial charge on any atom is -0.480 e. The Bertz CT molecular complexity index is 853. The Morgan fingerprint density at radius 3 is 2.58 bits per heavy atom. The fourth-order valence-electron chi connectivity index (χ4n) is 5.71. The highest BCUT2D eigenvalue weighted by Crippen LogP contribution is 2.54. The van der Waals surface area contributed by atoms with Crippen LogP contribution in [0.5, 0.6) is 0 Å². The molecule has 1 saturated carbocycles. The zero-order chi connectivity index (χ0) is 24.5. The van der Waals surface area contributed by atoms with Gasteiger partial charge in [0.15, 0.2) is 0 Å². The van der Waals surface area contributed by atoms with Crippen LogP contribution in [0.3, 0.4) is 0 Å². The van der Waals surface area contributed by atoms with E-state index in [-0.39, 0.29) is 18.7 Å². The second-order valence-corrected chi connectivity index (χ2v) is 9.49. The first-order chi connectivity index (χ1) is 15.6. The molecule has 0 unspecified atom stereocenters. The molecule has 3 rings (SSSR count). The predicted octanol–water partition coefficient (Wildman–Crippen LogP) is 0.914. The third kappa shape index (κ3) is 4.62. The van der Waals surface area contributed by atoms with Gasteiger partial charge in [-0.05, 0) is 36.8 Å². The summed E-state index contributed by atoms with van der Waals surface area (Å²) >= 11 is 0. The molecule has 3 fully saturated rings. The minimum absolute atomic E-state index is 0.110. The van der Waals surface area contributed by atoms with Gasteiger partial charge in [-0.25, -0.2) is 4.79 Å². The van der Waals surface area contributed by atoms with Crippen molar-refractivity contribution >= 4 is 17.9 Å². The Hall–Kier alpha value is -2.49. The maximum Gasteiger partial charge on any atom is 0.336 e. The average Bonchev–Trinajstić information content (AvgIpc) is 3.37. The van der Waals surface area contributed by atoms with Crippen LogP contribution in [0.15, 0.2) is 37.0 Å². The summed E-state index contributed by atoms with van der Waals surface area (Å²) in [5, 5.41) is 28.7. The first-order valence-electron chi connectivity index (χ1n) is 11.2. The van der Waals surface area contributed by atoms with E-state index in [4.69, 9.17) is 9.47 Å². The van der Waals surface area contributed by atoms with E-state index in [2.05, 4.69) is 19.7 Å². The molecule has 2 aliphatic heterocycles. The van der Waals surface area contributed by atoms with Gasteiger partial charge >= 0.3 is 17.9 Å². The van der Waals surface area contributed by atoms with E-state index < -0.39 is 65.9 Å². The van der Waals surface area contributed by atoms with Crippen LogP contribution < -0.4 is 0 Å². The van der Waals surface area contributed by atoms with Crippen molar-refractivity contribution in [3.63, 3.8) is 0 Å². The highest BCUT2D eigenvalue weighted by molar-refractivity contribution is 5.88. The van der Waals surface area contributed by atoms with Crippen molar-refractivity contribution in [3.05, 3.63) is 37.0 Å². The zero-order valence-electron chi connectivity index (χ0n) is 18.9. The molecule has 0 aromatic heterocycles. The molecule has 7 atom stereocenters. The van der Waals surface area contributed by atoms with Gasteiger partial charge in [-0.15, -0.1) is 6.58 Å². The number of rotatable bonds is 9. The van der Waals surface area contributed by atoms with Crippen molar-refractivity contribution in [1.82, 2.24) is 4.90 Å². The zero-order valence-corrected chi connectivity index (χ0v) is 18.9. The second kappa shape index (κ2) is 9.79. The fraction of sp³-hybridized carbons (Fsp3) is 0.625. The SMILES string of the molecule is C=C[C@]1(C)C[C@H](OC(=O)C(=C)CO)[C@@H]2[C@H](OC(=O)[C@H]2CN2CCC[C@H]2C(=O)O)[C@H]1C(=C)CO. The molecular weight excluding hydrogens is 430 g/mol. The number of fused-ring (bicyclic) bond motifs is 1. The van der Waals surface area contributed by atoms with Crippen LogP contribution >= 0.6 is 0 Å². The van der Waals surface area contributed by atoms with Gasteiger partial charge in [-0.3, -0.25) is 14.5 Å². The number of carbonyl (C=O) groups excluding carboxylic acids is 2. The number of allylic oxidation sites excluding steroid dienone is 1. The number of aliphatic hydroxyl groups is 2. The topological polar surface area (TPSA) is 134 Å². The van der Waals surface area contributed by atoms with Gasteiger partial charge < -0.3 is 24.8 Å². The van der Waals surface area contributed by atoms with E-state index in [1.165, 1.54) is 0 Å². The lowest BCUT2D eigenvalue weighted by Crippen LogP contribution is -2.54. The van der Waals surface area contributed by atoms with Crippen LogP contribution in [0.25, 0.3) is 0 Å². The molecule has 0 aromatic rings. The van der Waals surface area contributed by atoms with Gasteiger partial charge in [0.2, 0.25) is 0 Å². The number of esters is 2. The molecule has 3 N–H and O–H groups in total. The van der Waals surface area contributed by atoms with Crippen LogP contribution in [0.2, 0.25) is 0 Å². The van der Waals surface area contributed by atoms with Crippen molar-refractivity contribution in [2.24, 2.45) is 23.2 Å². The maximum absolute atomic E-state index is 13.1. The van der Waals surface area contributed by atoms with Crippen LogP contribution in [0, 0.1) is 23.2 Å². The van der Waals surface area contributed by atoms with Crippen LogP contribution in [0.1, 0.15) is 26.2 Å². The van der Waals surface area contributed by atoms with Crippen molar-refractivity contribution < 1.29 is 39.2 Å². The molecule has 3 aliphatic rings. The molecule has 0 aromatic carbocycles. The molecule has 0 bridgehead atoms. The third-order valence-electron chi connectivity index (χ3n) is 7.44. The van der Waals surface area contributed by atoms with Crippen molar-refractivity contribution in [2.45, 2.75) is 44.4 Å². The summed E-state index contributed by atoms with van der Waals surface area (Å²) in [5.41, 5.74) is -0.324. The molecule has 33 heavy (non-hydrogen) atoms. The van der Waals surface area contributed by atoms with Gasteiger partial charge in [0.25, 0.3) is 0 Å². The van der Waals surface area contributed by atoms with Crippen molar-refractivity contribution in [3.8, 4) is 0 Å². The first-order valence-corrected chi connectivity index (χ1v) is 11.2. The van der Waals surface area contributed by atoms with E-state index in [0.717, 1.165) is 0 Å². The highest BCUT2D eigenvalue weighted by atomic mass is 16.6. The molecular formula is C24H33NO8. The fourth-order valence-corrected chi connectivity index (χ4v) is 5.71. The number of ether oxygens (including phenoxy) is 2. The van der Waals surface area contributed by atoms with Gasteiger partial charge in [-0.2, -0.15) is 0 Å². The molecule has 0 spiro atoms. The van der Waals surface area contributed by atoms with Crippen molar-refractivity contribution in [1.29, 1.82) is 0 Å². The molecule has 9 heteroatoms. The van der Waals surface area contributed by atoms with E-state index >= 15 is 0 Å². The summed E-state index contributed by atoms with van der Waals surface area (Å²) in [5.74, 6) is -3.96. The van der Waals surface area contributed by atoms with Gasteiger partial charge in [0, 0.05) is 18.4 Å². The lowest BCUT2D eigenvalue weighted by molar-refractivity contribution is -0.160. The number of hydrogen-bond acceptors (Lipinski definition) is 8. The molecule has 1 aliphatic carbocycles. The number of carboxylic acid groups (broad SMARTS) is 1. The van der Waals surface area contributed by atoms with Crippen LogP contribution in [-0.4, -0.2) is 82.7 Å². The number of carboxylic acids is 1. The third-order valence-corrected chi connectivity index (χ3v) is 7.44. The predicted molar refractivity (Wildman–Crippen MR) is 118 cm³/mol. The normalized spacial score (nSPS) is 36.0. The Balaban J connectivity index is 1.98. The lowest BCUT2D eigenvalue weighted by atomic mass is 9.58. The molecule has 2 heterocycles. The maximum atomic E-state index is 13.1. The Labute approximate surface area is 193 Å². The molecule has 0 radical (unpaired) electrons. The number of aliphatic carboxylic acids is 1. The van der Waals surface area contributed by atoms with Gasteiger partial charge in [0.05, 0.1) is 24.7 Å². The Morgan fingerprint density at radius 1 is 1.30 bits per heavy atom. The van der Waals surface area contributed by atoms with Gasteiger partial charge in [-0.1, -0.05) is 26.2 Å². The highest BCUT2D eigenvalue weighted by Gasteiger charge is 2.61. The van der Waals surface area contributed by atoms with Gasteiger partial charge in [0.1, 0.15) is 18.2 Å². The van der Waals surface area contributed by atoms with E-state index in [1.807, 2.05) is 6.92 Å². The number of hydrogen-bond donors (Lipinski definition) is 3. The minimum atomic E-state index is -0.938. The summed E-state index contributed by atoms with van der Waals surface area (Å²) in [4.78, 5) is 39.0. The van der Waals surface area contributed by atoms with Crippen molar-refractivity contribution in [2.75, 3.05) is 26.3 Å². The molecule has 182 valence electrons. The smallest absolute Gasteiger partial charge is 0.336 e. The number of likely N-dealkylation sites (tertiary alicyclic amines) is 1. The number of nitrogens with zero attached hydrogens (tertiary/aromatic N) is 1. The number of carbonyl (C=O) groups is 3. The molecule has 0 amide bonds. The van der Waals surface area contributed by atoms with Crippen LogP contribution in [0.4, 0.5) is 0 Å². The Kier molecular flexibility index (Phi) is 7.45. The quantitative estimate of drug-likeness (QED) is 0.259. The molecule has 2 saturated heterocycles. The van der Waals surface area contributed by atoms with Crippen LogP contribution in [-0.2, 0) is 23.9 Å². The summed E-state index contributed by atoms with van der Waals surface area (Å²) in [6, 6.07) is -0.683. The summed E-state index contributed by atoms with van der Waals surface area (Å²) in [6.07, 6.45) is 1.70. The molecule has 9 nitrogen and oxygen atoms in total. The second-order valence-electron chi connectivity index (χ2n) is 9.49. The largest absolute Gasteiger partial charge is 0.480 e.